The average molecular weight is 257 g/mol. The minimum Gasteiger partial charge on any atom is -0.444 e. The highest BCUT2D eigenvalue weighted by Gasteiger charge is 2.13. The standard InChI is InChI=1S/C11H19N3O2S/c1-3-8-6-13-10(16-8)7-14-11(15)9(12)4-5-17-2/h6,9H,3-5,7,12H2,1-2H3,(H,14,15)/t9-/m0/s1. The van der Waals surface area contributed by atoms with Crippen LogP contribution in [-0.2, 0) is 17.8 Å². The van der Waals surface area contributed by atoms with Crippen LogP contribution in [0.15, 0.2) is 10.6 Å². The lowest BCUT2D eigenvalue weighted by Gasteiger charge is -2.10. The molecule has 1 aromatic rings. The topological polar surface area (TPSA) is 81.2 Å². The Labute approximate surface area is 106 Å². The van der Waals surface area contributed by atoms with E-state index >= 15 is 0 Å². The molecule has 5 nitrogen and oxygen atoms in total. The second-order valence-electron chi connectivity index (χ2n) is 3.68. The summed E-state index contributed by atoms with van der Waals surface area (Å²) in [6, 6.07) is -0.456. The van der Waals surface area contributed by atoms with Crippen LogP contribution >= 0.6 is 11.8 Å². The van der Waals surface area contributed by atoms with Crippen molar-refractivity contribution in [3.8, 4) is 0 Å². The molecule has 0 saturated heterocycles. The number of carbonyl (C=O) groups excluding carboxylic acids is 1. The fourth-order valence-electron chi connectivity index (χ4n) is 1.26. The first kappa shape index (κ1) is 14.1. The van der Waals surface area contributed by atoms with Crippen molar-refractivity contribution in [2.45, 2.75) is 32.4 Å². The highest BCUT2D eigenvalue weighted by Crippen LogP contribution is 2.04. The van der Waals surface area contributed by atoms with E-state index in [1.807, 2.05) is 13.2 Å². The molecule has 0 saturated carbocycles. The number of aryl methyl sites for hydroxylation is 1. The molecule has 1 amide bonds. The predicted octanol–water partition coefficient (Wildman–Crippen LogP) is 0.934. The molecule has 0 aliphatic rings. The zero-order chi connectivity index (χ0) is 12.7. The number of rotatable bonds is 7. The van der Waals surface area contributed by atoms with Gasteiger partial charge in [-0.05, 0) is 18.4 Å². The first-order chi connectivity index (χ1) is 8.17. The van der Waals surface area contributed by atoms with Crippen LogP contribution in [0.1, 0.15) is 25.0 Å². The third kappa shape index (κ3) is 4.79. The minimum atomic E-state index is -0.456. The van der Waals surface area contributed by atoms with Crippen LogP contribution in [0.25, 0.3) is 0 Å². The fraction of sp³-hybridized carbons (Fsp3) is 0.636. The molecule has 1 rings (SSSR count). The number of oxazole rings is 1. The van der Waals surface area contributed by atoms with Crippen LogP contribution in [-0.4, -0.2) is 28.9 Å². The Bertz CT molecular complexity index is 354. The SMILES string of the molecule is CCc1cnc(CNC(=O)[C@@H](N)CCSC)o1. The Morgan fingerprint density at radius 1 is 1.71 bits per heavy atom. The fourth-order valence-corrected chi connectivity index (χ4v) is 1.75. The van der Waals surface area contributed by atoms with Crippen molar-refractivity contribution < 1.29 is 9.21 Å². The van der Waals surface area contributed by atoms with Crippen LogP contribution in [0.4, 0.5) is 0 Å². The van der Waals surface area contributed by atoms with Crippen molar-refractivity contribution in [3.05, 3.63) is 17.8 Å². The number of amides is 1. The molecule has 0 aliphatic heterocycles. The summed E-state index contributed by atoms with van der Waals surface area (Å²) in [5.41, 5.74) is 5.72. The number of aromatic nitrogens is 1. The van der Waals surface area contributed by atoms with Gasteiger partial charge in [-0.1, -0.05) is 6.92 Å². The van der Waals surface area contributed by atoms with E-state index < -0.39 is 6.04 Å². The van der Waals surface area contributed by atoms with Gasteiger partial charge >= 0.3 is 0 Å². The maximum Gasteiger partial charge on any atom is 0.237 e. The van der Waals surface area contributed by atoms with Crippen LogP contribution < -0.4 is 11.1 Å². The van der Waals surface area contributed by atoms with E-state index in [2.05, 4.69) is 10.3 Å². The molecule has 0 spiro atoms. The summed E-state index contributed by atoms with van der Waals surface area (Å²) in [6.45, 7) is 2.28. The molecule has 96 valence electrons. The Hall–Kier alpha value is -1.01. The molecule has 0 fully saturated rings. The molecule has 0 radical (unpaired) electrons. The van der Waals surface area contributed by atoms with Crippen LogP contribution in [0.2, 0.25) is 0 Å². The summed E-state index contributed by atoms with van der Waals surface area (Å²) in [5.74, 6) is 2.07. The minimum absolute atomic E-state index is 0.157. The Morgan fingerprint density at radius 2 is 2.47 bits per heavy atom. The summed E-state index contributed by atoms with van der Waals surface area (Å²) in [7, 11) is 0. The average Bonchev–Trinajstić information content (AvgIpc) is 2.80. The van der Waals surface area contributed by atoms with Crippen LogP contribution in [0.5, 0.6) is 0 Å². The molecule has 3 N–H and O–H groups in total. The maximum absolute atomic E-state index is 11.6. The molecule has 17 heavy (non-hydrogen) atoms. The number of nitrogens with one attached hydrogen (secondary N) is 1. The maximum atomic E-state index is 11.6. The van der Waals surface area contributed by atoms with Crippen molar-refractivity contribution in [3.63, 3.8) is 0 Å². The van der Waals surface area contributed by atoms with E-state index in [9.17, 15) is 4.79 Å². The monoisotopic (exact) mass is 257 g/mol. The van der Waals surface area contributed by atoms with Crippen molar-refractivity contribution in [2.75, 3.05) is 12.0 Å². The Morgan fingerprint density at radius 3 is 3.06 bits per heavy atom. The number of carbonyl (C=O) groups is 1. The number of nitrogens with two attached hydrogens (primary N) is 1. The second kappa shape index (κ2) is 7.34. The summed E-state index contributed by atoms with van der Waals surface area (Å²) >= 11 is 1.68. The quantitative estimate of drug-likeness (QED) is 0.759. The zero-order valence-corrected chi connectivity index (χ0v) is 11.0. The van der Waals surface area contributed by atoms with Gasteiger partial charge in [0.2, 0.25) is 11.8 Å². The van der Waals surface area contributed by atoms with Gasteiger partial charge in [0.05, 0.1) is 18.8 Å². The molecule has 0 aliphatic carbocycles. The molecular formula is C11H19N3O2S. The molecule has 1 atom stereocenters. The van der Waals surface area contributed by atoms with Gasteiger partial charge in [-0.2, -0.15) is 11.8 Å². The summed E-state index contributed by atoms with van der Waals surface area (Å²) in [6.07, 6.45) is 5.14. The van der Waals surface area contributed by atoms with E-state index in [1.165, 1.54) is 0 Å². The van der Waals surface area contributed by atoms with Crippen LogP contribution in [0.3, 0.4) is 0 Å². The van der Waals surface area contributed by atoms with Crippen molar-refractivity contribution in [2.24, 2.45) is 5.73 Å². The second-order valence-corrected chi connectivity index (χ2v) is 4.67. The molecule has 6 heteroatoms. The highest BCUT2D eigenvalue weighted by atomic mass is 32.2. The lowest BCUT2D eigenvalue weighted by Crippen LogP contribution is -2.40. The van der Waals surface area contributed by atoms with E-state index in [-0.39, 0.29) is 5.91 Å². The number of nitrogens with zero attached hydrogens (tertiary/aromatic N) is 1. The lowest BCUT2D eigenvalue weighted by molar-refractivity contribution is -0.122. The highest BCUT2D eigenvalue weighted by molar-refractivity contribution is 7.98. The Kier molecular flexibility index (Phi) is 6.07. The first-order valence-electron chi connectivity index (χ1n) is 5.63. The van der Waals surface area contributed by atoms with Gasteiger partial charge in [0.1, 0.15) is 5.76 Å². The van der Waals surface area contributed by atoms with Crippen molar-refractivity contribution in [1.82, 2.24) is 10.3 Å². The van der Waals surface area contributed by atoms with Gasteiger partial charge in [0, 0.05) is 6.42 Å². The predicted molar refractivity (Wildman–Crippen MR) is 68.7 cm³/mol. The van der Waals surface area contributed by atoms with E-state index in [4.69, 9.17) is 10.2 Å². The third-order valence-corrected chi connectivity index (χ3v) is 2.98. The van der Waals surface area contributed by atoms with Gasteiger partial charge < -0.3 is 15.5 Å². The molecular weight excluding hydrogens is 238 g/mol. The summed E-state index contributed by atoms with van der Waals surface area (Å²) in [5, 5.41) is 2.72. The van der Waals surface area contributed by atoms with Crippen LogP contribution in [0, 0.1) is 0 Å². The lowest BCUT2D eigenvalue weighted by atomic mass is 10.2. The first-order valence-corrected chi connectivity index (χ1v) is 7.02. The summed E-state index contributed by atoms with van der Waals surface area (Å²) in [4.78, 5) is 15.6. The number of thioether (sulfide) groups is 1. The largest absolute Gasteiger partial charge is 0.444 e. The Balaban J connectivity index is 2.32. The van der Waals surface area contributed by atoms with Gasteiger partial charge in [-0.25, -0.2) is 4.98 Å². The van der Waals surface area contributed by atoms with Gasteiger partial charge in [-0.3, -0.25) is 4.79 Å². The number of hydrogen-bond donors (Lipinski definition) is 2. The van der Waals surface area contributed by atoms with E-state index in [1.54, 1.807) is 18.0 Å². The van der Waals surface area contributed by atoms with Gasteiger partial charge in [0.25, 0.3) is 0 Å². The van der Waals surface area contributed by atoms with Gasteiger partial charge in [-0.15, -0.1) is 0 Å². The molecule has 0 aromatic carbocycles. The smallest absolute Gasteiger partial charge is 0.237 e. The number of hydrogen-bond acceptors (Lipinski definition) is 5. The normalized spacial score (nSPS) is 12.4. The zero-order valence-electron chi connectivity index (χ0n) is 10.2. The third-order valence-electron chi connectivity index (χ3n) is 2.33. The van der Waals surface area contributed by atoms with E-state index in [0.29, 0.717) is 18.9 Å². The van der Waals surface area contributed by atoms with Gasteiger partial charge in [0.15, 0.2) is 0 Å². The molecule has 0 unspecified atom stereocenters. The molecule has 0 bridgehead atoms. The molecule has 1 aromatic heterocycles. The summed E-state index contributed by atoms with van der Waals surface area (Å²) < 4.78 is 5.37. The van der Waals surface area contributed by atoms with E-state index in [0.717, 1.165) is 17.9 Å². The van der Waals surface area contributed by atoms with Crippen molar-refractivity contribution >= 4 is 17.7 Å². The van der Waals surface area contributed by atoms with Crippen molar-refractivity contribution in [1.29, 1.82) is 0 Å². The molecule has 1 heterocycles.